The Labute approximate surface area is 127 Å². The number of rotatable bonds is 3. The second-order valence-corrected chi connectivity index (χ2v) is 6.52. The number of nitrogens with two attached hydrogens (primary N) is 1. The van der Waals surface area contributed by atoms with Crippen LogP contribution in [0.1, 0.15) is 26.7 Å². The van der Waals surface area contributed by atoms with Crippen molar-refractivity contribution in [3.8, 4) is 11.5 Å². The predicted molar refractivity (Wildman–Crippen MR) is 78.7 cm³/mol. The van der Waals surface area contributed by atoms with Crippen molar-refractivity contribution in [3.05, 3.63) is 28.2 Å². The van der Waals surface area contributed by atoms with Gasteiger partial charge in [-0.3, -0.25) is 0 Å². The van der Waals surface area contributed by atoms with Gasteiger partial charge in [-0.25, -0.2) is 4.98 Å². The highest BCUT2D eigenvalue weighted by Gasteiger charge is 2.24. The number of pyridine rings is 1. The van der Waals surface area contributed by atoms with Crippen LogP contribution < -0.4 is 5.73 Å². The molecule has 0 spiro atoms. The Balaban J connectivity index is 2.21. The summed E-state index contributed by atoms with van der Waals surface area (Å²) in [6, 6.07) is 1.51. The molecule has 5 nitrogen and oxygen atoms in total. The van der Waals surface area contributed by atoms with Gasteiger partial charge in [0.2, 0.25) is 11.7 Å². The summed E-state index contributed by atoms with van der Waals surface area (Å²) in [6.07, 6.45) is 1.99. The Morgan fingerprint density at radius 3 is 2.65 bits per heavy atom. The maximum atomic E-state index is 6.09. The molecule has 2 heterocycles. The minimum atomic E-state index is -0.0792. The quantitative estimate of drug-likeness (QED) is 0.939. The van der Waals surface area contributed by atoms with Crippen LogP contribution in [0.2, 0.25) is 10.0 Å². The Kier molecular flexibility index (Phi) is 4.32. The SMILES string of the molecule is CC(C)(C)C(N)Cc1nc(-c2ncc(Cl)cc2Cl)no1. The van der Waals surface area contributed by atoms with Crippen molar-refractivity contribution in [1.29, 1.82) is 0 Å². The van der Waals surface area contributed by atoms with Gasteiger partial charge in [-0.15, -0.1) is 0 Å². The van der Waals surface area contributed by atoms with Crippen LogP contribution in [0.4, 0.5) is 0 Å². The summed E-state index contributed by atoms with van der Waals surface area (Å²) in [5, 5.41) is 4.72. The average molecular weight is 315 g/mol. The van der Waals surface area contributed by atoms with Crippen LogP contribution in [0.5, 0.6) is 0 Å². The topological polar surface area (TPSA) is 77.8 Å². The third-order valence-corrected chi connectivity index (χ3v) is 3.49. The van der Waals surface area contributed by atoms with Gasteiger partial charge >= 0.3 is 0 Å². The summed E-state index contributed by atoms with van der Waals surface area (Å²) in [5.74, 6) is 0.804. The normalized spacial score (nSPS) is 13.5. The molecule has 0 radical (unpaired) electrons. The Hall–Kier alpha value is -1.17. The highest BCUT2D eigenvalue weighted by molar-refractivity contribution is 6.35. The first-order valence-corrected chi connectivity index (χ1v) is 6.92. The molecule has 2 aromatic heterocycles. The molecule has 108 valence electrons. The van der Waals surface area contributed by atoms with Gasteiger partial charge in [0.05, 0.1) is 10.0 Å². The lowest BCUT2D eigenvalue weighted by Crippen LogP contribution is -2.36. The fourth-order valence-electron chi connectivity index (χ4n) is 1.51. The summed E-state index contributed by atoms with van der Waals surface area (Å²) in [7, 11) is 0. The fourth-order valence-corrected chi connectivity index (χ4v) is 1.97. The van der Waals surface area contributed by atoms with Gasteiger partial charge < -0.3 is 10.3 Å². The van der Waals surface area contributed by atoms with Gasteiger partial charge in [0.25, 0.3) is 0 Å². The second kappa shape index (κ2) is 5.68. The van der Waals surface area contributed by atoms with Crippen LogP contribution in [0.15, 0.2) is 16.8 Å². The largest absolute Gasteiger partial charge is 0.339 e. The first-order valence-electron chi connectivity index (χ1n) is 6.17. The lowest BCUT2D eigenvalue weighted by Gasteiger charge is -2.25. The van der Waals surface area contributed by atoms with E-state index in [-0.39, 0.29) is 11.5 Å². The molecule has 0 bridgehead atoms. The zero-order chi connectivity index (χ0) is 14.9. The second-order valence-electron chi connectivity index (χ2n) is 5.67. The number of hydrogen-bond acceptors (Lipinski definition) is 5. The molecule has 1 atom stereocenters. The van der Waals surface area contributed by atoms with Gasteiger partial charge in [-0.1, -0.05) is 49.1 Å². The van der Waals surface area contributed by atoms with Crippen LogP contribution in [0, 0.1) is 5.41 Å². The lowest BCUT2D eigenvalue weighted by atomic mass is 9.85. The molecule has 0 aliphatic rings. The van der Waals surface area contributed by atoms with Gasteiger partial charge in [0.15, 0.2) is 0 Å². The molecule has 0 aliphatic carbocycles. The molecular weight excluding hydrogens is 299 g/mol. The highest BCUT2D eigenvalue weighted by Crippen LogP contribution is 2.26. The Bertz CT molecular complexity index is 607. The summed E-state index contributed by atoms with van der Waals surface area (Å²) in [4.78, 5) is 8.39. The van der Waals surface area contributed by atoms with Gasteiger partial charge in [0.1, 0.15) is 5.69 Å². The van der Waals surface area contributed by atoms with Crippen molar-refractivity contribution in [2.75, 3.05) is 0 Å². The van der Waals surface area contributed by atoms with E-state index in [0.717, 1.165) is 0 Å². The molecule has 0 fully saturated rings. The molecule has 2 aromatic rings. The fraction of sp³-hybridized carbons (Fsp3) is 0.462. The lowest BCUT2D eigenvalue weighted by molar-refractivity contribution is 0.286. The third kappa shape index (κ3) is 3.48. The van der Waals surface area contributed by atoms with Crippen LogP contribution in [0.25, 0.3) is 11.5 Å². The molecule has 0 aromatic carbocycles. The Morgan fingerprint density at radius 1 is 1.35 bits per heavy atom. The Morgan fingerprint density at radius 2 is 2.05 bits per heavy atom. The maximum absolute atomic E-state index is 6.09. The van der Waals surface area contributed by atoms with Crippen molar-refractivity contribution < 1.29 is 4.52 Å². The summed E-state index contributed by atoms with van der Waals surface area (Å²) < 4.78 is 5.20. The standard InChI is InChI=1S/C13H16Cl2N4O/c1-13(2,3)9(16)5-10-18-12(19-20-10)11-8(15)4-7(14)6-17-11/h4,6,9H,5,16H2,1-3H3. The van der Waals surface area contributed by atoms with E-state index in [0.29, 0.717) is 33.9 Å². The number of nitrogens with zero attached hydrogens (tertiary/aromatic N) is 3. The number of hydrogen-bond donors (Lipinski definition) is 1. The monoisotopic (exact) mass is 314 g/mol. The predicted octanol–water partition coefficient (Wildman–Crippen LogP) is 3.35. The molecule has 0 saturated heterocycles. The van der Waals surface area contributed by atoms with E-state index in [1.807, 2.05) is 0 Å². The number of aromatic nitrogens is 3. The van der Waals surface area contributed by atoms with Crippen LogP contribution >= 0.6 is 23.2 Å². The van der Waals surface area contributed by atoms with Gasteiger partial charge in [-0.05, 0) is 11.5 Å². The zero-order valence-electron chi connectivity index (χ0n) is 11.5. The summed E-state index contributed by atoms with van der Waals surface area (Å²) >= 11 is 11.9. The minimum Gasteiger partial charge on any atom is -0.339 e. The first-order chi connectivity index (χ1) is 9.27. The van der Waals surface area contributed by atoms with Crippen molar-refractivity contribution >= 4 is 23.2 Å². The van der Waals surface area contributed by atoms with Crippen LogP contribution in [-0.4, -0.2) is 21.2 Å². The van der Waals surface area contributed by atoms with E-state index in [2.05, 4.69) is 35.9 Å². The van der Waals surface area contributed by atoms with Gasteiger partial charge in [-0.2, -0.15) is 4.98 Å². The van der Waals surface area contributed by atoms with E-state index in [9.17, 15) is 0 Å². The van der Waals surface area contributed by atoms with E-state index in [1.54, 1.807) is 6.07 Å². The van der Waals surface area contributed by atoms with Crippen molar-refractivity contribution in [3.63, 3.8) is 0 Å². The third-order valence-electron chi connectivity index (χ3n) is 2.99. The summed E-state index contributed by atoms with van der Waals surface area (Å²) in [5.41, 5.74) is 6.50. The molecular formula is C13H16Cl2N4O. The highest BCUT2D eigenvalue weighted by atomic mass is 35.5. The zero-order valence-corrected chi connectivity index (χ0v) is 13.0. The molecule has 0 saturated carbocycles. The van der Waals surface area contributed by atoms with E-state index in [4.69, 9.17) is 33.5 Å². The smallest absolute Gasteiger partial charge is 0.228 e. The van der Waals surface area contributed by atoms with Crippen LogP contribution in [0.3, 0.4) is 0 Å². The summed E-state index contributed by atoms with van der Waals surface area (Å²) in [6.45, 7) is 6.19. The molecule has 2 N–H and O–H groups in total. The first kappa shape index (κ1) is 15.2. The number of halogens is 2. The molecule has 0 amide bonds. The van der Waals surface area contributed by atoms with Crippen LogP contribution in [-0.2, 0) is 6.42 Å². The van der Waals surface area contributed by atoms with E-state index in [1.165, 1.54) is 6.20 Å². The van der Waals surface area contributed by atoms with Crippen molar-refractivity contribution in [2.45, 2.75) is 33.2 Å². The maximum Gasteiger partial charge on any atom is 0.228 e. The molecule has 0 aliphatic heterocycles. The molecule has 2 rings (SSSR count). The van der Waals surface area contributed by atoms with E-state index < -0.39 is 0 Å². The van der Waals surface area contributed by atoms with E-state index >= 15 is 0 Å². The molecule has 1 unspecified atom stereocenters. The van der Waals surface area contributed by atoms with Gasteiger partial charge in [0, 0.05) is 18.7 Å². The average Bonchev–Trinajstić information content (AvgIpc) is 2.76. The van der Waals surface area contributed by atoms with Crippen molar-refractivity contribution in [1.82, 2.24) is 15.1 Å². The van der Waals surface area contributed by atoms with Crippen molar-refractivity contribution in [2.24, 2.45) is 11.1 Å². The minimum absolute atomic E-state index is 0.0369. The molecule has 20 heavy (non-hydrogen) atoms. The molecule has 7 heteroatoms.